The minimum Gasteiger partial charge on any atom is -0.492 e. The van der Waals surface area contributed by atoms with E-state index in [1.807, 2.05) is 24.3 Å². The molecule has 0 saturated carbocycles. The van der Waals surface area contributed by atoms with Crippen LogP contribution >= 0.6 is 0 Å². The van der Waals surface area contributed by atoms with Crippen LogP contribution in [-0.2, 0) is 6.42 Å². The topological polar surface area (TPSA) is 74.3 Å². The maximum atomic E-state index is 13.4. The summed E-state index contributed by atoms with van der Waals surface area (Å²) in [7, 11) is 4.31. The van der Waals surface area contributed by atoms with E-state index in [-0.39, 0.29) is 5.78 Å². The van der Waals surface area contributed by atoms with Crippen LogP contribution in [0, 0.1) is 0 Å². The molecule has 2 aliphatic rings. The Morgan fingerprint density at radius 1 is 1.11 bits per heavy atom. The smallest absolute Gasteiger partial charge is 0.228 e. The number of piperidine rings is 1. The number of carbonyl (C=O) groups is 1. The van der Waals surface area contributed by atoms with Crippen LogP contribution in [0.2, 0.25) is 0 Å². The molecule has 0 bridgehead atoms. The zero-order chi connectivity index (χ0) is 23.9. The van der Waals surface area contributed by atoms with Gasteiger partial charge in [0.05, 0.1) is 23.3 Å². The Kier molecular flexibility index (Phi) is 5.49. The molecule has 2 aromatic heterocycles. The summed E-state index contributed by atoms with van der Waals surface area (Å²) in [6.45, 7) is 2.74. The molecule has 7 nitrogen and oxygen atoms in total. The van der Waals surface area contributed by atoms with Crippen LogP contribution in [0.15, 0.2) is 54.7 Å². The Labute approximate surface area is 204 Å². The van der Waals surface area contributed by atoms with Crippen LogP contribution in [0.3, 0.4) is 0 Å². The molecule has 4 aromatic rings. The van der Waals surface area contributed by atoms with Gasteiger partial charge in [-0.2, -0.15) is 0 Å². The average Bonchev–Trinajstić information content (AvgIpc) is 3.55. The van der Waals surface area contributed by atoms with Gasteiger partial charge in [0.1, 0.15) is 5.75 Å². The summed E-state index contributed by atoms with van der Waals surface area (Å²) in [5.74, 6) is 1.07. The summed E-state index contributed by atoms with van der Waals surface area (Å²) in [6, 6.07) is 16.5. The number of fused-ring (bicyclic) bond motifs is 2. The first-order valence-electron chi connectivity index (χ1n) is 12.2. The number of para-hydroxylation sites is 1. The Bertz CT molecular complexity index is 1400. The second kappa shape index (κ2) is 8.82. The molecule has 4 heterocycles. The van der Waals surface area contributed by atoms with E-state index >= 15 is 0 Å². The highest BCUT2D eigenvalue weighted by Crippen LogP contribution is 2.36. The second-order valence-corrected chi connectivity index (χ2v) is 9.62. The molecular weight excluding hydrogens is 438 g/mol. The van der Waals surface area contributed by atoms with Gasteiger partial charge < -0.3 is 19.5 Å². The summed E-state index contributed by atoms with van der Waals surface area (Å²) in [5, 5.41) is 0. The maximum Gasteiger partial charge on any atom is 0.228 e. The third-order valence-electron chi connectivity index (χ3n) is 7.25. The van der Waals surface area contributed by atoms with Crippen molar-refractivity contribution in [2.75, 3.05) is 38.7 Å². The lowest BCUT2D eigenvalue weighted by atomic mass is 10.0. The van der Waals surface area contributed by atoms with Crippen molar-refractivity contribution in [3.8, 4) is 17.0 Å². The monoisotopic (exact) mass is 467 g/mol. The second-order valence-electron chi connectivity index (χ2n) is 9.62. The number of pyridine rings is 1. The Morgan fingerprint density at radius 2 is 1.97 bits per heavy atom. The number of nitrogens with one attached hydrogen (secondary N) is 1. The largest absolute Gasteiger partial charge is 0.492 e. The number of rotatable bonds is 5. The van der Waals surface area contributed by atoms with Crippen molar-refractivity contribution in [2.24, 2.45) is 0 Å². The molecule has 178 valence electrons. The molecule has 0 unspecified atom stereocenters. The molecular formula is C28H29N5O2. The van der Waals surface area contributed by atoms with E-state index in [2.05, 4.69) is 57.0 Å². The lowest BCUT2D eigenvalue weighted by Crippen LogP contribution is -2.41. The first-order chi connectivity index (χ1) is 17.1. The summed E-state index contributed by atoms with van der Waals surface area (Å²) in [6.07, 6.45) is 4.88. The molecule has 0 atom stereocenters. The first kappa shape index (κ1) is 21.8. The van der Waals surface area contributed by atoms with Gasteiger partial charge in [-0.3, -0.25) is 9.78 Å². The van der Waals surface area contributed by atoms with Crippen LogP contribution in [0.5, 0.6) is 5.75 Å². The van der Waals surface area contributed by atoms with Crippen molar-refractivity contribution in [1.29, 1.82) is 0 Å². The molecule has 0 amide bonds. The van der Waals surface area contributed by atoms with Crippen molar-refractivity contribution in [3.05, 3.63) is 71.7 Å². The van der Waals surface area contributed by atoms with Gasteiger partial charge in [0.25, 0.3) is 0 Å². The highest BCUT2D eigenvalue weighted by molar-refractivity contribution is 6.08. The molecule has 6 rings (SSSR count). The van der Waals surface area contributed by atoms with Crippen LogP contribution in [0.25, 0.3) is 22.3 Å². The number of hydrogen-bond donors (Lipinski definition) is 1. The fraction of sp³-hybridized carbons (Fsp3) is 0.321. The van der Waals surface area contributed by atoms with Crippen molar-refractivity contribution >= 4 is 22.5 Å². The summed E-state index contributed by atoms with van der Waals surface area (Å²) in [5.41, 5.74) is 6.22. The molecule has 35 heavy (non-hydrogen) atoms. The van der Waals surface area contributed by atoms with Gasteiger partial charge in [-0.25, -0.2) is 4.98 Å². The number of anilines is 1. The number of H-pyrrole nitrogens is 1. The highest BCUT2D eigenvalue weighted by Gasteiger charge is 2.22. The van der Waals surface area contributed by atoms with Gasteiger partial charge in [-0.05, 0) is 68.9 Å². The number of hydrogen-bond acceptors (Lipinski definition) is 6. The molecule has 0 aliphatic carbocycles. The minimum absolute atomic E-state index is 0.147. The lowest BCUT2D eigenvalue weighted by molar-refractivity contribution is 0.103. The average molecular weight is 468 g/mol. The van der Waals surface area contributed by atoms with Gasteiger partial charge in [0.15, 0.2) is 5.82 Å². The number of imidazole rings is 1. The first-order valence-corrected chi connectivity index (χ1v) is 12.2. The van der Waals surface area contributed by atoms with Crippen molar-refractivity contribution in [3.63, 3.8) is 0 Å². The number of carbonyl (C=O) groups excluding carboxylic acids is 1. The summed E-state index contributed by atoms with van der Waals surface area (Å²) >= 11 is 0. The quantitative estimate of drug-likeness (QED) is 0.441. The fourth-order valence-corrected chi connectivity index (χ4v) is 5.21. The fourth-order valence-electron chi connectivity index (χ4n) is 5.21. The highest BCUT2D eigenvalue weighted by atomic mass is 16.5. The van der Waals surface area contributed by atoms with Crippen molar-refractivity contribution < 1.29 is 9.53 Å². The normalized spacial score (nSPS) is 16.0. The van der Waals surface area contributed by atoms with Gasteiger partial charge in [-0.15, -0.1) is 0 Å². The molecule has 7 heteroatoms. The standard InChI is InChI=1S/C28H29N5O2/c1-32(2)20-9-13-33(14-10-20)21-6-7-23-25(17-21)31-28(30-23)26(34)19-8-12-29-24(16-19)22-5-3-4-18-11-15-35-27(18)22/h3-8,12,16-17,20H,9-11,13-15H2,1-2H3,(H,30,31). The third-order valence-corrected chi connectivity index (χ3v) is 7.25. The van der Waals surface area contributed by atoms with Crippen LogP contribution in [0.1, 0.15) is 34.6 Å². The molecule has 1 saturated heterocycles. The predicted molar refractivity (Wildman–Crippen MR) is 137 cm³/mol. The van der Waals surface area contributed by atoms with E-state index < -0.39 is 0 Å². The van der Waals surface area contributed by atoms with E-state index in [9.17, 15) is 4.79 Å². The zero-order valence-electron chi connectivity index (χ0n) is 20.1. The van der Waals surface area contributed by atoms with Crippen LogP contribution < -0.4 is 9.64 Å². The number of nitrogens with zero attached hydrogens (tertiary/aromatic N) is 4. The van der Waals surface area contributed by atoms with E-state index in [4.69, 9.17) is 4.74 Å². The lowest BCUT2D eigenvalue weighted by Gasteiger charge is -2.36. The third kappa shape index (κ3) is 4.06. The SMILES string of the molecule is CN(C)C1CCN(c2ccc3nc(C(=O)c4ccnc(-c5cccc6c5OCC6)c4)[nH]c3c2)CC1. The molecule has 2 aromatic carbocycles. The maximum absolute atomic E-state index is 13.4. The predicted octanol–water partition coefficient (Wildman–Crippen LogP) is 4.32. The number of aromatic nitrogens is 3. The molecule has 0 spiro atoms. The molecule has 0 radical (unpaired) electrons. The van der Waals surface area contributed by atoms with Crippen LogP contribution in [0.4, 0.5) is 5.69 Å². The van der Waals surface area contributed by atoms with E-state index in [1.54, 1.807) is 12.3 Å². The van der Waals surface area contributed by atoms with Crippen molar-refractivity contribution in [2.45, 2.75) is 25.3 Å². The summed E-state index contributed by atoms with van der Waals surface area (Å²) < 4.78 is 5.84. The van der Waals surface area contributed by atoms with E-state index in [0.29, 0.717) is 24.0 Å². The zero-order valence-corrected chi connectivity index (χ0v) is 20.1. The Morgan fingerprint density at radius 3 is 2.80 bits per heavy atom. The number of benzene rings is 2. The number of aromatic amines is 1. The van der Waals surface area contributed by atoms with Gasteiger partial charge >= 0.3 is 0 Å². The minimum atomic E-state index is -0.147. The van der Waals surface area contributed by atoms with Crippen LogP contribution in [-0.4, -0.2) is 65.5 Å². The van der Waals surface area contributed by atoms with Gasteiger partial charge in [0, 0.05) is 48.6 Å². The number of ether oxygens (including phenoxy) is 1. The van der Waals surface area contributed by atoms with Gasteiger partial charge in [0.2, 0.25) is 5.78 Å². The van der Waals surface area contributed by atoms with E-state index in [0.717, 1.165) is 60.4 Å². The Hall–Kier alpha value is -3.71. The Balaban J connectivity index is 1.26. The summed E-state index contributed by atoms with van der Waals surface area (Å²) in [4.78, 5) is 30.5. The van der Waals surface area contributed by atoms with E-state index in [1.165, 1.54) is 11.3 Å². The molecule has 2 aliphatic heterocycles. The number of ketones is 1. The van der Waals surface area contributed by atoms with Gasteiger partial charge in [-0.1, -0.05) is 12.1 Å². The molecule has 1 fully saturated rings. The van der Waals surface area contributed by atoms with Crippen molar-refractivity contribution in [1.82, 2.24) is 19.9 Å². The molecule has 1 N–H and O–H groups in total.